The molecule has 1 N–H and O–H groups in total. The van der Waals surface area contributed by atoms with E-state index in [1.165, 1.54) is 50.0 Å². The molecule has 1 aliphatic rings. The van der Waals surface area contributed by atoms with Gasteiger partial charge in [0.05, 0.1) is 0 Å². The number of carbonyl (C=O) groups excluding carboxylic acids is 1. The number of halogens is 1. The van der Waals surface area contributed by atoms with Crippen LogP contribution in [0.4, 0.5) is 4.39 Å². The fourth-order valence-corrected chi connectivity index (χ4v) is 3.46. The van der Waals surface area contributed by atoms with Gasteiger partial charge in [0.1, 0.15) is 0 Å². The second-order valence-electron chi connectivity index (χ2n) is 7.32. The minimum absolute atomic E-state index is 0.103. The van der Waals surface area contributed by atoms with Crippen LogP contribution >= 0.6 is 0 Å². The molecule has 0 aromatic heterocycles. The number of benzene rings is 2. The molecule has 1 atom stereocenters. The molecule has 0 spiro atoms. The first kappa shape index (κ1) is 20.3. The van der Waals surface area contributed by atoms with Crippen molar-refractivity contribution in [1.82, 2.24) is 10.2 Å². The second kappa shape index (κ2) is 10.2. The van der Waals surface area contributed by atoms with Crippen molar-refractivity contribution in [2.75, 3.05) is 13.1 Å². The fourth-order valence-electron chi connectivity index (χ4n) is 3.46. The summed E-state index contributed by atoms with van der Waals surface area (Å²) in [7, 11) is 0. The zero-order chi connectivity index (χ0) is 19.8. The molecule has 0 saturated carbocycles. The predicted molar refractivity (Wildman–Crippen MR) is 109 cm³/mol. The van der Waals surface area contributed by atoms with Crippen LogP contribution in [-0.4, -0.2) is 30.0 Å². The molecule has 2 aromatic rings. The topological polar surface area (TPSA) is 41.6 Å². The number of nitrogens with zero attached hydrogens (tertiary/aromatic N) is 1. The third kappa shape index (κ3) is 5.80. The summed E-state index contributed by atoms with van der Waals surface area (Å²) in [5.41, 5.74) is 2.34. The zero-order valence-corrected chi connectivity index (χ0v) is 16.5. The first-order valence-electron chi connectivity index (χ1n) is 10.1. The molecule has 4 nitrogen and oxygen atoms in total. The molecule has 0 bridgehead atoms. The molecule has 0 aliphatic carbocycles. The van der Waals surface area contributed by atoms with E-state index in [2.05, 4.69) is 34.5 Å². The Hall–Kier alpha value is -2.40. The molecule has 0 radical (unpaired) electrons. The van der Waals surface area contributed by atoms with Gasteiger partial charge in [0.2, 0.25) is 0 Å². The molecule has 1 saturated heterocycles. The number of rotatable bonds is 8. The minimum Gasteiger partial charge on any atom is -0.478 e. The minimum atomic E-state index is -0.713. The average Bonchev–Trinajstić information content (AvgIpc) is 2.73. The van der Waals surface area contributed by atoms with E-state index in [9.17, 15) is 9.18 Å². The first-order valence-corrected chi connectivity index (χ1v) is 10.1. The van der Waals surface area contributed by atoms with Crippen molar-refractivity contribution >= 4 is 5.91 Å². The van der Waals surface area contributed by atoms with Crippen molar-refractivity contribution < 1.29 is 13.9 Å². The van der Waals surface area contributed by atoms with Gasteiger partial charge in [0.15, 0.2) is 17.7 Å². The van der Waals surface area contributed by atoms with E-state index >= 15 is 0 Å². The number of amides is 1. The van der Waals surface area contributed by atoms with Crippen molar-refractivity contribution in [3.63, 3.8) is 0 Å². The van der Waals surface area contributed by atoms with Crippen molar-refractivity contribution in [3.05, 3.63) is 65.5 Å². The van der Waals surface area contributed by atoms with E-state index in [0.717, 1.165) is 12.1 Å². The van der Waals surface area contributed by atoms with Crippen LogP contribution in [0.5, 0.6) is 5.75 Å². The third-order valence-electron chi connectivity index (χ3n) is 5.11. The predicted octanol–water partition coefficient (Wildman–Crippen LogP) is 4.29. The summed E-state index contributed by atoms with van der Waals surface area (Å²) in [5.74, 6) is -0.590. The summed E-state index contributed by atoms with van der Waals surface area (Å²) in [5, 5.41) is 2.89. The molecular formula is C23H29FN2O2. The summed E-state index contributed by atoms with van der Waals surface area (Å²) >= 11 is 0. The number of likely N-dealkylation sites (tertiary alicyclic amines) is 1. The summed E-state index contributed by atoms with van der Waals surface area (Å²) in [4.78, 5) is 14.9. The van der Waals surface area contributed by atoms with Gasteiger partial charge in [-0.2, -0.15) is 0 Å². The van der Waals surface area contributed by atoms with E-state index in [1.807, 2.05) is 6.92 Å². The second-order valence-corrected chi connectivity index (χ2v) is 7.32. The van der Waals surface area contributed by atoms with Crippen molar-refractivity contribution in [2.45, 2.75) is 51.8 Å². The van der Waals surface area contributed by atoms with Crippen LogP contribution in [0, 0.1) is 5.82 Å². The van der Waals surface area contributed by atoms with Gasteiger partial charge in [-0.1, -0.05) is 49.7 Å². The van der Waals surface area contributed by atoms with Gasteiger partial charge in [-0.25, -0.2) is 4.39 Å². The Balaban J connectivity index is 1.49. The van der Waals surface area contributed by atoms with E-state index < -0.39 is 11.9 Å². The molecule has 1 unspecified atom stereocenters. The van der Waals surface area contributed by atoms with Crippen LogP contribution in [-0.2, 0) is 17.9 Å². The lowest BCUT2D eigenvalue weighted by atomic mass is 10.1. The summed E-state index contributed by atoms with van der Waals surface area (Å²) in [6.45, 7) is 5.62. The molecule has 3 rings (SSSR count). The summed E-state index contributed by atoms with van der Waals surface area (Å²) in [6.07, 6.45) is 3.67. The quantitative estimate of drug-likeness (QED) is 0.738. The molecule has 1 amide bonds. The zero-order valence-electron chi connectivity index (χ0n) is 16.5. The monoisotopic (exact) mass is 384 g/mol. The SMILES string of the molecule is CCC(Oc1ccccc1F)C(=O)NCc1ccc(CN2CCCCC2)cc1. The molecular weight excluding hydrogens is 355 g/mol. The average molecular weight is 384 g/mol. The van der Waals surface area contributed by atoms with Gasteiger partial charge in [0.25, 0.3) is 5.91 Å². The van der Waals surface area contributed by atoms with Crippen LogP contribution in [0.3, 0.4) is 0 Å². The number of para-hydroxylation sites is 1. The number of piperidine rings is 1. The summed E-state index contributed by atoms with van der Waals surface area (Å²) < 4.78 is 19.3. The summed E-state index contributed by atoms with van der Waals surface area (Å²) in [6, 6.07) is 14.5. The number of hydrogen-bond acceptors (Lipinski definition) is 3. The highest BCUT2D eigenvalue weighted by molar-refractivity contribution is 5.81. The van der Waals surface area contributed by atoms with Gasteiger partial charge in [-0.05, 0) is 55.6 Å². The Morgan fingerprint density at radius 2 is 1.75 bits per heavy atom. The van der Waals surface area contributed by atoms with Crippen LogP contribution in [0.2, 0.25) is 0 Å². The van der Waals surface area contributed by atoms with Crippen LogP contribution in [0.25, 0.3) is 0 Å². The fraction of sp³-hybridized carbons (Fsp3) is 0.435. The molecule has 1 aliphatic heterocycles. The first-order chi connectivity index (χ1) is 13.7. The van der Waals surface area contributed by atoms with Crippen LogP contribution in [0.15, 0.2) is 48.5 Å². The van der Waals surface area contributed by atoms with E-state index in [4.69, 9.17) is 4.74 Å². The Morgan fingerprint density at radius 3 is 2.43 bits per heavy atom. The molecule has 1 fully saturated rings. The largest absolute Gasteiger partial charge is 0.478 e. The van der Waals surface area contributed by atoms with Crippen LogP contribution in [0.1, 0.15) is 43.7 Å². The van der Waals surface area contributed by atoms with E-state index in [0.29, 0.717) is 13.0 Å². The van der Waals surface area contributed by atoms with Gasteiger partial charge in [-0.3, -0.25) is 9.69 Å². The van der Waals surface area contributed by atoms with Gasteiger partial charge < -0.3 is 10.1 Å². The number of nitrogens with one attached hydrogen (secondary N) is 1. The number of hydrogen-bond donors (Lipinski definition) is 1. The molecule has 1 heterocycles. The maximum Gasteiger partial charge on any atom is 0.261 e. The third-order valence-corrected chi connectivity index (χ3v) is 5.11. The van der Waals surface area contributed by atoms with E-state index in [1.54, 1.807) is 12.1 Å². The lowest BCUT2D eigenvalue weighted by molar-refractivity contribution is -0.128. The number of carbonyl (C=O) groups is 1. The Kier molecular flexibility index (Phi) is 7.43. The molecule has 28 heavy (non-hydrogen) atoms. The highest BCUT2D eigenvalue weighted by atomic mass is 19.1. The van der Waals surface area contributed by atoms with Crippen molar-refractivity contribution in [3.8, 4) is 5.75 Å². The van der Waals surface area contributed by atoms with Gasteiger partial charge in [-0.15, -0.1) is 0 Å². The molecule has 2 aromatic carbocycles. The highest BCUT2D eigenvalue weighted by Gasteiger charge is 2.19. The van der Waals surface area contributed by atoms with Crippen molar-refractivity contribution in [2.24, 2.45) is 0 Å². The Morgan fingerprint density at radius 1 is 1.07 bits per heavy atom. The standard InChI is InChI=1S/C23H29FN2O2/c1-2-21(28-22-9-5-4-8-20(22)24)23(27)25-16-18-10-12-19(13-11-18)17-26-14-6-3-7-15-26/h4-5,8-13,21H,2-3,6-7,14-17H2,1H3,(H,25,27). The highest BCUT2D eigenvalue weighted by Crippen LogP contribution is 2.18. The van der Waals surface area contributed by atoms with E-state index in [-0.39, 0.29) is 11.7 Å². The van der Waals surface area contributed by atoms with Crippen molar-refractivity contribution in [1.29, 1.82) is 0 Å². The molecule has 150 valence electrons. The lowest BCUT2D eigenvalue weighted by Gasteiger charge is -2.26. The Labute approximate surface area is 166 Å². The normalized spacial score (nSPS) is 15.8. The maximum absolute atomic E-state index is 13.7. The smallest absolute Gasteiger partial charge is 0.261 e. The Bertz CT molecular complexity index is 757. The van der Waals surface area contributed by atoms with Gasteiger partial charge in [0, 0.05) is 13.1 Å². The number of ether oxygens (including phenoxy) is 1. The molecule has 5 heteroatoms. The van der Waals surface area contributed by atoms with Crippen LogP contribution < -0.4 is 10.1 Å². The lowest BCUT2D eigenvalue weighted by Crippen LogP contribution is -2.37. The maximum atomic E-state index is 13.7. The van der Waals surface area contributed by atoms with Gasteiger partial charge >= 0.3 is 0 Å².